The molecular formula is C18H12ClN3O3S. The number of carbonyl (C=O) groups is 3. The highest BCUT2D eigenvalue weighted by atomic mass is 35.5. The molecule has 0 saturated carbocycles. The summed E-state index contributed by atoms with van der Waals surface area (Å²) in [4.78, 5) is 41.8. The lowest BCUT2D eigenvalue weighted by Gasteiger charge is -2.15. The molecule has 0 aliphatic carbocycles. The molecule has 1 fully saturated rings. The van der Waals surface area contributed by atoms with Crippen LogP contribution >= 0.6 is 22.9 Å². The lowest BCUT2D eigenvalue weighted by atomic mass is 10.1. The third-order valence-corrected chi connectivity index (χ3v) is 5.27. The van der Waals surface area contributed by atoms with Gasteiger partial charge in [-0.05, 0) is 30.3 Å². The number of fused-ring (bicyclic) bond motifs is 1. The molecule has 8 heteroatoms. The number of nitrogens with zero attached hydrogens (tertiary/aromatic N) is 2. The van der Waals surface area contributed by atoms with Crippen molar-refractivity contribution in [3.63, 3.8) is 0 Å². The van der Waals surface area contributed by atoms with Gasteiger partial charge in [-0.3, -0.25) is 19.3 Å². The summed E-state index contributed by atoms with van der Waals surface area (Å²) < 4.78 is 0.784. The van der Waals surface area contributed by atoms with Gasteiger partial charge in [0.1, 0.15) is 5.52 Å². The molecule has 0 atom stereocenters. The summed E-state index contributed by atoms with van der Waals surface area (Å²) in [6.07, 6.45) is 0.396. The van der Waals surface area contributed by atoms with E-state index in [1.54, 1.807) is 35.8 Å². The predicted octanol–water partition coefficient (Wildman–Crippen LogP) is 3.86. The topological polar surface area (TPSA) is 79.4 Å². The number of amides is 3. The monoisotopic (exact) mass is 385 g/mol. The Hall–Kier alpha value is -2.77. The zero-order valence-electron chi connectivity index (χ0n) is 13.4. The molecule has 130 valence electrons. The van der Waals surface area contributed by atoms with E-state index in [0.29, 0.717) is 27.5 Å². The van der Waals surface area contributed by atoms with Crippen LogP contribution in [0.25, 0.3) is 10.2 Å². The Labute approximate surface area is 157 Å². The van der Waals surface area contributed by atoms with Crippen molar-refractivity contribution in [2.24, 2.45) is 0 Å². The number of hydrogen-bond acceptors (Lipinski definition) is 5. The fraction of sp³-hybridized carbons (Fsp3) is 0.111. The van der Waals surface area contributed by atoms with Crippen molar-refractivity contribution in [3.8, 4) is 0 Å². The van der Waals surface area contributed by atoms with E-state index < -0.39 is 0 Å². The second-order valence-corrected chi connectivity index (χ2v) is 7.01. The average molecular weight is 386 g/mol. The minimum absolute atomic E-state index is 0.198. The van der Waals surface area contributed by atoms with Crippen LogP contribution in [-0.2, 0) is 9.59 Å². The van der Waals surface area contributed by atoms with Gasteiger partial charge in [-0.25, -0.2) is 4.98 Å². The Bertz CT molecular complexity index is 1050. The maximum Gasteiger partial charge on any atom is 0.255 e. The Morgan fingerprint density at radius 2 is 1.92 bits per heavy atom. The highest BCUT2D eigenvalue weighted by Gasteiger charge is 2.30. The Morgan fingerprint density at radius 3 is 2.69 bits per heavy atom. The first-order valence-corrected chi connectivity index (χ1v) is 9.09. The number of thiazole rings is 1. The van der Waals surface area contributed by atoms with Gasteiger partial charge in [-0.15, -0.1) is 11.3 Å². The van der Waals surface area contributed by atoms with E-state index in [4.69, 9.17) is 11.6 Å². The molecule has 0 spiro atoms. The first-order chi connectivity index (χ1) is 12.5. The molecule has 1 aliphatic rings. The van der Waals surface area contributed by atoms with Gasteiger partial charge < -0.3 is 5.32 Å². The number of rotatable bonds is 3. The van der Waals surface area contributed by atoms with E-state index in [2.05, 4.69) is 10.3 Å². The Kier molecular flexibility index (Phi) is 4.18. The molecule has 0 unspecified atom stereocenters. The van der Waals surface area contributed by atoms with Gasteiger partial charge in [0.15, 0.2) is 0 Å². The highest BCUT2D eigenvalue weighted by molar-refractivity contribution is 7.17. The number of aromatic nitrogens is 1. The molecule has 4 rings (SSSR count). The second kappa shape index (κ2) is 6.51. The van der Waals surface area contributed by atoms with Crippen molar-refractivity contribution < 1.29 is 14.4 Å². The van der Waals surface area contributed by atoms with Gasteiger partial charge in [-0.2, -0.15) is 0 Å². The van der Waals surface area contributed by atoms with Gasteiger partial charge in [0.05, 0.1) is 26.6 Å². The molecule has 3 aromatic rings. The zero-order chi connectivity index (χ0) is 18.3. The fourth-order valence-electron chi connectivity index (χ4n) is 2.86. The first kappa shape index (κ1) is 16.7. The van der Waals surface area contributed by atoms with Crippen molar-refractivity contribution in [1.82, 2.24) is 4.98 Å². The zero-order valence-corrected chi connectivity index (χ0v) is 14.9. The van der Waals surface area contributed by atoms with Crippen LogP contribution in [-0.4, -0.2) is 22.7 Å². The molecule has 0 radical (unpaired) electrons. The van der Waals surface area contributed by atoms with Crippen molar-refractivity contribution >= 4 is 62.3 Å². The number of anilines is 2. The second-order valence-electron chi connectivity index (χ2n) is 5.75. The quantitative estimate of drug-likeness (QED) is 0.694. The van der Waals surface area contributed by atoms with Gasteiger partial charge in [0.2, 0.25) is 11.8 Å². The molecule has 2 aromatic carbocycles. The normalized spacial score (nSPS) is 14.3. The summed E-state index contributed by atoms with van der Waals surface area (Å²) in [5.74, 6) is -0.851. The van der Waals surface area contributed by atoms with Gasteiger partial charge in [0, 0.05) is 18.4 Å². The molecule has 1 aliphatic heterocycles. The van der Waals surface area contributed by atoms with E-state index in [1.807, 2.05) is 0 Å². The molecule has 6 nitrogen and oxygen atoms in total. The molecule has 1 aromatic heterocycles. The standard InChI is InChI=1S/C18H12ClN3O3S/c19-12-4-5-13(17-16(12)20-9-26-17)21-18(25)10-2-1-3-11(8-10)22-14(23)6-7-15(22)24/h1-5,8-9H,6-7H2,(H,21,25). The van der Waals surface area contributed by atoms with Crippen LogP contribution in [0.4, 0.5) is 11.4 Å². The maximum atomic E-state index is 12.6. The lowest BCUT2D eigenvalue weighted by Crippen LogP contribution is -2.28. The number of nitrogens with one attached hydrogen (secondary N) is 1. The number of benzene rings is 2. The van der Waals surface area contributed by atoms with Gasteiger partial charge >= 0.3 is 0 Å². The molecule has 1 N–H and O–H groups in total. The largest absolute Gasteiger partial charge is 0.321 e. The van der Waals surface area contributed by atoms with Crippen LogP contribution in [0.2, 0.25) is 5.02 Å². The van der Waals surface area contributed by atoms with E-state index in [-0.39, 0.29) is 30.6 Å². The average Bonchev–Trinajstić information content (AvgIpc) is 3.25. The minimum Gasteiger partial charge on any atom is -0.321 e. The highest BCUT2D eigenvalue weighted by Crippen LogP contribution is 2.32. The fourth-order valence-corrected chi connectivity index (χ4v) is 3.91. The van der Waals surface area contributed by atoms with E-state index >= 15 is 0 Å². The number of carbonyl (C=O) groups excluding carboxylic acids is 3. The van der Waals surface area contributed by atoms with Crippen molar-refractivity contribution in [1.29, 1.82) is 0 Å². The summed E-state index contributed by atoms with van der Waals surface area (Å²) in [5, 5.41) is 3.36. The summed E-state index contributed by atoms with van der Waals surface area (Å²) in [6.45, 7) is 0. The van der Waals surface area contributed by atoms with Gasteiger partial charge in [-0.1, -0.05) is 17.7 Å². The van der Waals surface area contributed by atoms with Crippen LogP contribution < -0.4 is 10.2 Å². The van der Waals surface area contributed by atoms with Crippen LogP contribution in [0.5, 0.6) is 0 Å². The maximum absolute atomic E-state index is 12.6. The third kappa shape index (κ3) is 2.85. The summed E-state index contributed by atoms with van der Waals surface area (Å²) in [6, 6.07) is 9.85. The lowest BCUT2D eigenvalue weighted by molar-refractivity contribution is -0.121. The van der Waals surface area contributed by atoms with Crippen LogP contribution in [0.15, 0.2) is 41.9 Å². The number of hydrogen-bond donors (Lipinski definition) is 1. The Balaban J connectivity index is 1.63. The van der Waals surface area contributed by atoms with Crippen molar-refractivity contribution in [3.05, 3.63) is 52.5 Å². The van der Waals surface area contributed by atoms with Crippen molar-refractivity contribution in [2.75, 3.05) is 10.2 Å². The molecule has 1 saturated heterocycles. The molecule has 26 heavy (non-hydrogen) atoms. The molecule has 2 heterocycles. The number of halogens is 1. The summed E-state index contributed by atoms with van der Waals surface area (Å²) in [5.41, 5.74) is 3.66. The predicted molar refractivity (Wildman–Crippen MR) is 101 cm³/mol. The van der Waals surface area contributed by atoms with E-state index in [1.165, 1.54) is 17.4 Å². The number of imide groups is 1. The molecule has 0 bridgehead atoms. The SMILES string of the molecule is O=C(Nc1ccc(Cl)c2ncsc12)c1cccc(N2C(=O)CCC2=O)c1. The van der Waals surface area contributed by atoms with E-state index in [0.717, 1.165) is 9.60 Å². The van der Waals surface area contributed by atoms with Crippen LogP contribution in [0.3, 0.4) is 0 Å². The van der Waals surface area contributed by atoms with Crippen LogP contribution in [0.1, 0.15) is 23.2 Å². The molecular weight excluding hydrogens is 374 g/mol. The van der Waals surface area contributed by atoms with Crippen molar-refractivity contribution in [2.45, 2.75) is 12.8 Å². The smallest absolute Gasteiger partial charge is 0.255 e. The third-order valence-electron chi connectivity index (χ3n) is 4.10. The summed E-state index contributed by atoms with van der Waals surface area (Å²) >= 11 is 7.49. The minimum atomic E-state index is -0.344. The van der Waals surface area contributed by atoms with Gasteiger partial charge in [0.25, 0.3) is 5.91 Å². The van der Waals surface area contributed by atoms with E-state index in [9.17, 15) is 14.4 Å². The summed E-state index contributed by atoms with van der Waals surface area (Å²) in [7, 11) is 0. The molecule has 3 amide bonds. The van der Waals surface area contributed by atoms with Crippen LogP contribution in [0, 0.1) is 0 Å². The first-order valence-electron chi connectivity index (χ1n) is 7.83. The Morgan fingerprint density at radius 1 is 1.15 bits per heavy atom.